The lowest BCUT2D eigenvalue weighted by Crippen LogP contribution is -2.32. The second kappa shape index (κ2) is 7.71. The normalized spacial score (nSPS) is 14.9. The van der Waals surface area contributed by atoms with Crippen LogP contribution in [0.2, 0.25) is 0 Å². The zero-order chi connectivity index (χ0) is 21.3. The summed E-state index contributed by atoms with van der Waals surface area (Å²) in [6.45, 7) is 1.93. The Balaban J connectivity index is 1.85. The van der Waals surface area contributed by atoms with E-state index >= 15 is 0 Å². The van der Waals surface area contributed by atoms with Crippen molar-refractivity contribution in [2.75, 3.05) is 4.90 Å². The minimum atomic E-state index is -0.506. The number of hydrogen-bond donors (Lipinski definition) is 0. The van der Waals surface area contributed by atoms with Gasteiger partial charge in [-0.15, -0.1) is 0 Å². The van der Waals surface area contributed by atoms with Crippen molar-refractivity contribution in [2.45, 2.75) is 6.92 Å². The Morgan fingerprint density at radius 1 is 1.00 bits per heavy atom. The summed E-state index contributed by atoms with van der Waals surface area (Å²) in [6, 6.07) is 19.1. The molecule has 0 fully saturated rings. The topological polar surface area (TPSA) is 75.8 Å². The molecule has 4 rings (SSSR count). The van der Waals surface area contributed by atoms with Crippen molar-refractivity contribution in [2.24, 2.45) is 4.99 Å². The number of rotatable bonds is 4. The highest BCUT2D eigenvalue weighted by molar-refractivity contribution is 6.33. The molecule has 0 spiro atoms. The fraction of sp³-hybridized carbons (Fsp3) is 0.0435. The van der Waals surface area contributed by atoms with E-state index in [-0.39, 0.29) is 16.9 Å². The van der Waals surface area contributed by atoms with E-state index in [9.17, 15) is 19.3 Å². The van der Waals surface area contributed by atoms with Crippen LogP contribution in [0.3, 0.4) is 0 Å². The summed E-state index contributed by atoms with van der Waals surface area (Å²) in [4.78, 5) is 29.9. The first kappa shape index (κ1) is 19.2. The van der Waals surface area contributed by atoms with Crippen molar-refractivity contribution < 1.29 is 14.1 Å². The molecule has 0 aromatic heterocycles. The molecule has 0 aliphatic carbocycles. The lowest BCUT2D eigenvalue weighted by molar-refractivity contribution is -0.385. The van der Waals surface area contributed by atoms with Gasteiger partial charge in [0.25, 0.3) is 11.6 Å². The summed E-state index contributed by atoms with van der Waals surface area (Å²) in [7, 11) is 0. The standard InChI is InChI=1S/C23H16FN3O3/c1-15-6-12-19(13-7-15)26-22(16-8-10-18(24)11-9-16)25-20(23(26)28)14-17-4-2-3-5-21(17)27(29)30/h2-14H,1H3/b20-14+. The molecule has 0 bridgehead atoms. The van der Waals surface area contributed by atoms with Gasteiger partial charge in [0.15, 0.2) is 0 Å². The first-order valence-corrected chi connectivity index (χ1v) is 9.15. The molecule has 3 aromatic rings. The van der Waals surface area contributed by atoms with Gasteiger partial charge >= 0.3 is 0 Å². The Bertz CT molecular complexity index is 1200. The van der Waals surface area contributed by atoms with Crippen LogP contribution in [-0.2, 0) is 4.79 Å². The van der Waals surface area contributed by atoms with Crippen LogP contribution in [0.25, 0.3) is 6.08 Å². The first-order chi connectivity index (χ1) is 14.4. The molecule has 3 aromatic carbocycles. The van der Waals surface area contributed by atoms with E-state index < -0.39 is 16.6 Å². The Hall–Kier alpha value is -4.13. The van der Waals surface area contributed by atoms with E-state index in [1.807, 2.05) is 19.1 Å². The van der Waals surface area contributed by atoms with Crippen LogP contribution < -0.4 is 4.90 Å². The lowest BCUT2D eigenvalue weighted by Gasteiger charge is -2.18. The summed E-state index contributed by atoms with van der Waals surface area (Å²) < 4.78 is 13.4. The molecule has 1 aliphatic rings. The summed E-state index contributed by atoms with van der Waals surface area (Å²) in [5, 5.41) is 11.3. The number of hydrogen-bond acceptors (Lipinski definition) is 4. The molecule has 0 saturated heterocycles. The van der Waals surface area contributed by atoms with Crippen molar-refractivity contribution in [3.63, 3.8) is 0 Å². The maximum absolute atomic E-state index is 13.4. The van der Waals surface area contributed by atoms with Crippen LogP contribution in [0.4, 0.5) is 15.8 Å². The number of nitrogens with zero attached hydrogens (tertiary/aromatic N) is 3. The number of para-hydroxylation sites is 1. The molecule has 0 radical (unpaired) electrons. The average Bonchev–Trinajstić information content (AvgIpc) is 3.05. The number of anilines is 1. The quantitative estimate of drug-likeness (QED) is 0.355. The highest BCUT2D eigenvalue weighted by atomic mass is 19.1. The van der Waals surface area contributed by atoms with E-state index in [1.54, 1.807) is 30.3 Å². The van der Waals surface area contributed by atoms with Crippen molar-refractivity contribution in [3.05, 3.63) is 111 Å². The van der Waals surface area contributed by atoms with Gasteiger partial charge in [-0.25, -0.2) is 9.38 Å². The second-order valence-electron chi connectivity index (χ2n) is 6.76. The van der Waals surface area contributed by atoms with Crippen LogP contribution in [0.1, 0.15) is 16.7 Å². The highest BCUT2D eigenvalue weighted by Gasteiger charge is 2.33. The molecule has 148 valence electrons. The second-order valence-corrected chi connectivity index (χ2v) is 6.76. The lowest BCUT2D eigenvalue weighted by atomic mass is 10.1. The average molecular weight is 401 g/mol. The molecular weight excluding hydrogens is 385 g/mol. The van der Waals surface area contributed by atoms with Crippen molar-refractivity contribution in [3.8, 4) is 0 Å². The largest absolute Gasteiger partial charge is 0.282 e. The molecule has 0 atom stereocenters. The van der Waals surface area contributed by atoms with E-state index in [0.717, 1.165) is 5.56 Å². The van der Waals surface area contributed by atoms with Crippen molar-refractivity contribution in [1.82, 2.24) is 0 Å². The third-order valence-corrected chi connectivity index (χ3v) is 4.68. The minimum absolute atomic E-state index is 0.0594. The number of carbonyl (C=O) groups is 1. The number of nitro groups is 1. The molecule has 1 amide bonds. The molecule has 7 heteroatoms. The van der Waals surface area contributed by atoms with Gasteiger partial charge in [0.1, 0.15) is 17.3 Å². The third kappa shape index (κ3) is 3.60. The predicted octanol–water partition coefficient (Wildman–Crippen LogP) is 4.88. The highest BCUT2D eigenvalue weighted by Crippen LogP contribution is 2.30. The van der Waals surface area contributed by atoms with Crippen LogP contribution in [0.15, 0.2) is 83.5 Å². The van der Waals surface area contributed by atoms with Crippen molar-refractivity contribution >= 4 is 29.2 Å². The van der Waals surface area contributed by atoms with E-state index in [0.29, 0.717) is 17.1 Å². The van der Waals surface area contributed by atoms with Gasteiger partial charge in [0.2, 0.25) is 0 Å². The fourth-order valence-corrected chi connectivity index (χ4v) is 3.17. The zero-order valence-electron chi connectivity index (χ0n) is 15.9. The van der Waals surface area contributed by atoms with Crippen LogP contribution in [-0.4, -0.2) is 16.7 Å². The summed E-state index contributed by atoms with van der Waals surface area (Å²) in [5.74, 6) is -0.494. The fourth-order valence-electron chi connectivity index (χ4n) is 3.17. The Morgan fingerprint density at radius 2 is 1.67 bits per heavy atom. The summed E-state index contributed by atoms with van der Waals surface area (Å²) in [6.07, 6.45) is 1.40. The van der Waals surface area contributed by atoms with E-state index in [1.165, 1.54) is 41.3 Å². The van der Waals surface area contributed by atoms with Crippen molar-refractivity contribution in [1.29, 1.82) is 0 Å². The van der Waals surface area contributed by atoms with Gasteiger partial charge in [-0.2, -0.15) is 0 Å². The first-order valence-electron chi connectivity index (χ1n) is 9.15. The van der Waals surface area contributed by atoms with E-state index in [4.69, 9.17) is 0 Å². The summed E-state index contributed by atoms with van der Waals surface area (Å²) >= 11 is 0. The van der Waals surface area contributed by atoms with Crippen LogP contribution in [0.5, 0.6) is 0 Å². The zero-order valence-corrected chi connectivity index (χ0v) is 15.9. The number of nitro benzene ring substituents is 1. The maximum atomic E-state index is 13.4. The minimum Gasteiger partial charge on any atom is -0.266 e. The van der Waals surface area contributed by atoms with Crippen LogP contribution >= 0.6 is 0 Å². The molecule has 1 aliphatic heterocycles. The molecule has 30 heavy (non-hydrogen) atoms. The number of aliphatic imine (C=N–C) groups is 1. The Labute approximate surface area is 171 Å². The number of halogens is 1. The number of amides is 1. The van der Waals surface area contributed by atoms with Crippen LogP contribution in [0, 0.1) is 22.9 Å². The van der Waals surface area contributed by atoms with Gasteiger partial charge in [-0.3, -0.25) is 19.8 Å². The third-order valence-electron chi connectivity index (χ3n) is 4.68. The molecular formula is C23H16FN3O3. The maximum Gasteiger partial charge on any atom is 0.282 e. The molecule has 0 N–H and O–H groups in total. The molecule has 6 nitrogen and oxygen atoms in total. The number of carbonyl (C=O) groups excluding carboxylic acids is 1. The van der Waals surface area contributed by atoms with Gasteiger partial charge < -0.3 is 0 Å². The van der Waals surface area contributed by atoms with Gasteiger partial charge in [-0.05, 0) is 55.5 Å². The number of amidine groups is 1. The summed E-state index contributed by atoms with van der Waals surface area (Å²) in [5.41, 5.74) is 2.39. The predicted molar refractivity (Wildman–Crippen MR) is 113 cm³/mol. The number of benzene rings is 3. The Morgan fingerprint density at radius 3 is 2.33 bits per heavy atom. The number of aryl methyl sites for hydroxylation is 1. The van der Waals surface area contributed by atoms with Gasteiger partial charge in [-0.1, -0.05) is 29.8 Å². The van der Waals surface area contributed by atoms with E-state index in [2.05, 4.69) is 4.99 Å². The smallest absolute Gasteiger partial charge is 0.266 e. The molecule has 0 saturated carbocycles. The monoisotopic (exact) mass is 401 g/mol. The molecule has 0 unspecified atom stereocenters. The Kier molecular flexibility index (Phi) is 4.93. The molecule has 1 heterocycles. The SMILES string of the molecule is Cc1ccc(N2C(=O)/C(=C\c3ccccc3[N+](=O)[O-])N=C2c2ccc(F)cc2)cc1. The van der Waals surface area contributed by atoms with Gasteiger partial charge in [0.05, 0.1) is 16.2 Å². The van der Waals surface area contributed by atoms with Gasteiger partial charge in [0, 0.05) is 11.6 Å².